The number of hydrogen-bond donors (Lipinski definition) is 1. The van der Waals surface area contributed by atoms with Gasteiger partial charge in [0.25, 0.3) is 0 Å². The number of nitrogens with one attached hydrogen (secondary N) is 1. The summed E-state index contributed by atoms with van der Waals surface area (Å²) in [5.41, 5.74) is 4.33. The molecule has 0 aromatic heterocycles. The molecule has 3 fully saturated rings. The topological polar surface area (TPSA) is 12.0 Å². The average Bonchev–Trinajstić information content (AvgIpc) is 2.21. The van der Waals surface area contributed by atoms with E-state index in [1.165, 1.54) is 31.4 Å². The highest BCUT2D eigenvalue weighted by atomic mass is 14.9. The van der Waals surface area contributed by atoms with Gasteiger partial charge in [-0.1, -0.05) is 31.2 Å². The summed E-state index contributed by atoms with van der Waals surface area (Å²) in [4.78, 5) is 0. The second-order valence-corrected chi connectivity index (χ2v) is 5.89. The lowest BCUT2D eigenvalue weighted by Crippen LogP contribution is -2.67. The normalized spacial score (nSPS) is 35.4. The molecule has 0 aliphatic heterocycles. The third-order valence-electron chi connectivity index (χ3n) is 4.64. The monoisotopic (exact) mass is 215 g/mol. The first-order valence-corrected chi connectivity index (χ1v) is 6.46. The van der Waals surface area contributed by atoms with Crippen LogP contribution in [0.25, 0.3) is 0 Å². The number of aryl methyl sites for hydroxylation is 1. The standard InChI is InChI=1S/C15H21N/c1-3-12-5-4-6-13(7-12)15-8-14(9-15,10-15)11-16-2/h4-7,16H,3,8-11H2,1-2H3. The molecule has 4 rings (SSSR count). The summed E-state index contributed by atoms with van der Waals surface area (Å²) in [6, 6.07) is 9.25. The summed E-state index contributed by atoms with van der Waals surface area (Å²) in [5, 5.41) is 3.34. The number of hydrogen-bond acceptors (Lipinski definition) is 1. The molecular weight excluding hydrogens is 194 g/mol. The molecule has 0 amide bonds. The van der Waals surface area contributed by atoms with Gasteiger partial charge in [0.15, 0.2) is 0 Å². The highest BCUT2D eigenvalue weighted by molar-refractivity contribution is 5.40. The lowest BCUT2D eigenvalue weighted by atomic mass is 9.33. The highest BCUT2D eigenvalue weighted by Crippen LogP contribution is 2.73. The van der Waals surface area contributed by atoms with E-state index < -0.39 is 0 Å². The molecule has 3 aliphatic carbocycles. The number of benzene rings is 1. The van der Waals surface area contributed by atoms with Crippen molar-refractivity contribution in [3.63, 3.8) is 0 Å². The van der Waals surface area contributed by atoms with Gasteiger partial charge in [0.05, 0.1) is 0 Å². The Morgan fingerprint density at radius 2 is 2.00 bits per heavy atom. The van der Waals surface area contributed by atoms with E-state index in [2.05, 4.69) is 43.6 Å². The van der Waals surface area contributed by atoms with Gasteiger partial charge in [-0.25, -0.2) is 0 Å². The Kier molecular flexibility index (Phi) is 2.16. The van der Waals surface area contributed by atoms with Crippen LogP contribution in [0.3, 0.4) is 0 Å². The zero-order valence-electron chi connectivity index (χ0n) is 10.3. The van der Waals surface area contributed by atoms with Crippen LogP contribution in [0.2, 0.25) is 0 Å². The third kappa shape index (κ3) is 1.27. The molecule has 0 unspecified atom stereocenters. The van der Waals surface area contributed by atoms with Crippen LogP contribution in [0.4, 0.5) is 0 Å². The lowest BCUT2D eigenvalue weighted by Gasteiger charge is -2.71. The molecule has 1 N–H and O–H groups in total. The van der Waals surface area contributed by atoms with Crippen LogP contribution in [0, 0.1) is 5.41 Å². The van der Waals surface area contributed by atoms with Gasteiger partial charge in [-0.05, 0) is 54.7 Å². The van der Waals surface area contributed by atoms with E-state index >= 15 is 0 Å². The molecule has 3 saturated carbocycles. The van der Waals surface area contributed by atoms with E-state index in [0.29, 0.717) is 10.8 Å². The van der Waals surface area contributed by atoms with Crippen LogP contribution in [0.15, 0.2) is 24.3 Å². The van der Waals surface area contributed by atoms with E-state index in [0.717, 1.165) is 6.42 Å². The van der Waals surface area contributed by atoms with Crippen molar-refractivity contribution >= 4 is 0 Å². The zero-order chi connectivity index (χ0) is 11.2. The molecule has 1 aromatic rings. The van der Waals surface area contributed by atoms with Gasteiger partial charge in [0, 0.05) is 6.54 Å². The molecule has 0 saturated heterocycles. The summed E-state index contributed by atoms with van der Waals surface area (Å²) in [6.45, 7) is 3.45. The van der Waals surface area contributed by atoms with Crippen LogP contribution in [0.5, 0.6) is 0 Å². The van der Waals surface area contributed by atoms with Crippen LogP contribution in [-0.2, 0) is 11.8 Å². The molecule has 1 nitrogen and oxygen atoms in total. The van der Waals surface area contributed by atoms with E-state index in [1.807, 2.05) is 0 Å². The SMILES string of the molecule is CCc1cccc(C23CC(CNC)(C2)C3)c1. The van der Waals surface area contributed by atoms with Crippen molar-refractivity contribution in [3.8, 4) is 0 Å². The second kappa shape index (κ2) is 3.33. The highest BCUT2D eigenvalue weighted by Gasteiger charge is 2.67. The van der Waals surface area contributed by atoms with Crippen molar-refractivity contribution in [3.05, 3.63) is 35.4 Å². The quantitative estimate of drug-likeness (QED) is 0.814. The van der Waals surface area contributed by atoms with Crippen molar-refractivity contribution in [2.75, 3.05) is 13.6 Å². The molecule has 0 radical (unpaired) electrons. The fourth-order valence-electron chi connectivity index (χ4n) is 3.99. The van der Waals surface area contributed by atoms with Crippen molar-refractivity contribution < 1.29 is 0 Å². The Labute approximate surface area is 98.3 Å². The summed E-state index contributed by atoms with van der Waals surface area (Å²) < 4.78 is 0. The molecule has 0 spiro atoms. The van der Waals surface area contributed by atoms with Crippen molar-refractivity contribution in [1.29, 1.82) is 0 Å². The Hall–Kier alpha value is -0.820. The van der Waals surface area contributed by atoms with Gasteiger partial charge >= 0.3 is 0 Å². The molecule has 1 heteroatoms. The first-order chi connectivity index (χ1) is 7.72. The van der Waals surface area contributed by atoms with Gasteiger partial charge in [0.1, 0.15) is 0 Å². The molecule has 0 heterocycles. The van der Waals surface area contributed by atoms with Crippen LogP contribution >= 0.6 is 0 Å². The second-order valence-electron chi connectivity index (χ2n) is 5.89. The van der Waals surface area contributed by atoms with Crippen molar-refractivity contribution in [1.82, 2.24) is 5.32 Å². The average molecular weight is 215 g/mol. The predicted octanol–water partition coefficient (Wildman–Crippen LogP) is 2.89. The molecule has 0 atom stereocenters. The van der Waals surface area contributed by atoms with Gasteiger partial charge in [-0.3, -0.25) is 0 Å². The van der Waals surface area contributed by atoms with Gasteiger partial charge in [-0.2, -0.15) is 0 Å². The smallest absolute Gasteiger partial charge is 0.000577 e. The summed E-state index contributed by atoms with van der Waals surface area (Å²) in [5.74, 6) is 0. The Morgan fingerprint density at radius 3 is 2.62 bits per heavy atom. The maximum Gasteiger partial charge on any atom is 0.000577 e. The third-order valence-corrected chi connectivity index (χ3v) is 4.64. The van der Waals surface area contributed by atoms with E-state index in [1.54, 1.807) is 5.56 Å². The molecule has 16 heavy (non-hydrogen) atoms. The maximum absolute atomic E-state index is 3.34. The maximum atomic E-state index is 3.34. The largest absolute Gasteiger partial charge is 0.319 e. The Morgan fingerprint density at radius 1 is 1.25 bits per heavy atom. The van der Waals surface area contributed by atoms with Crippen LogP contribution < -0.4 is 5.32 Å². The van der Waals surface area contributed by atoms with Crippen LogP contribution in [0.1, 0.15) is 37.3 Å². The Balaban J connectivity index is 1.77. The van der Waals surface area contributed by atoms with E-state index in [4.69, 9.17) is 0 Å². The van der Waals surface area contributed by atoms with Gasteiger partial charge in [-0.15, -0.1) is 0 Å². The Bertz CT molecular complexity index is 388. The first-order valence-electron chi connectivity index (χ1n) is 6.46. The molecule has 1 aromatic carbocycles. The zero-order valence-corrected chi connectivity index (χ0v) is 10.3. The van der Waals surface area contributed by atoms with E-state index in [9.17, 15) is 0 Å². The fourth-order valence-corrected chi connectivity index (χ4v) is 3.99. The van der Waals surface area contributed by atoms with E-state index in [-0.39, 0.29) is 0 Å². The summed E-state index contributed by atoms with van der Waals surface area (Å²) in [6.07, 6.45) is 5.39. The summed E-state index contributed by atoms with van der Waals surface area (Å²) in [7, 11) is 2.07. The minimum atomic E-state index is 0.571. The predicted molar refractivity (Wildman–Crippen MR) is 67.7 cm³/mol. The lowest BCUT2D eigenvalue weighted by molar-refractivity contribution is -0.137. The minimum absolute atomic E-state index is 0.571. The molecule has 86 valence electrons. The molecule has 3 aliphatic rings. The first kappa shape index (κ1) is 10.3. The fraction of sp³-hybridized carbons (Fsp3) is 0.600. The van der Waals surface area contributed by atoms with Gasteiger partial charge in [0.2, 0.25) is 0 Å². The van der Waals surface area contributed by atoms with Crippen molar-refractivity contribution in [2.45, 2.75) is 38.0 Å². The number of rotatable bonds is 4. The van der Waals surface area contributed by atoms with Crippen LogP contribution in [-0.4, -0.2) is 13.6 Å². The summed E-state index contributed by atoms with van der Waals surface area (Å²) >= 11 is 0. The molecule has 2 bridgehead atoms. The van der Waals surface area contributed by atoms with Gasteiger partial charge < -0.3 is 5.32 Å². The van der Waals surface area contributed by atoms with Crippen molar-refractivity contribution in [2.24, 2.45) is 5.41 Å². The molecular formula is C15H21N. The minimum Gasteiger partial charge on any atom is -0.319 e.